The van der Waals surface area contributed by atoms with Crippen LogP contribution in [0.4, 0.5) is 5.13 Å². The topological polar surface area (TPSA) is 231 Å². The molecule has 1 unspecified atom stereocenters. The van der Waals surface area contributed by atoms with Crippen LogP contribution in [0.5, 0.6) is 0 Å². The number of nitrogens with zero attached hydrogens (tertiary/aromatic N) is 3. The molecular weight excluding hydrogens is 508 g/mol. The highest BCUT2D eigenvalue weighted by Gasteiger charge is 2.55. The van der Waals surface area contributed by atoms with Gasteiger partial charge in [0.25, 0.3) is 11.8 Å². The number of carboxylic acids is 1. The molecule has 4 atom stereocenters. The minimum Gasteiger partial charge on any atom is -0.478 e. The van der Waals surface area contributed by atoms with Crippen LogP contribution in [0.15, 0.2) is 10.5 Å². The summed E-state index contributed by atoms with van der Waals surface area (Å²) in [4.78, 5) is 57.9. The maximum atomic E-state index is 13.0. The molecule has 2 aliphatic heterocycles. The SMILES string of the molecule is CC1C[C@H](C[C@@H]2[C@H](NC(=O)/C(=N\OC(C)(C)C(=O)O)c3csc(N)n3)C(=O)N2S(=O)(=O)O)C(=O)N1. The Kier molecular flexibility index (Phi) is 7.05. The fraction of sp³-hybridized carbons (Fsp3) is 0.556. The van der Waals surface area contributed by atoms with Crippen LogP contribution in [-0.2, 0) is 34.3 Å². The fourth-order valence-electron chi connectivity index (χ4n) is 3.65. The highest BCUT2D eigenvalue weighted by atomic mass is 32.2. The molecule has 17 heteroatoms. The number of thiazole rings is 1. The average Bonchev–Trinajstić information content (AvgIpc) is 3.29. The summed E-state index contributed by atoms with van der Waals surface area (Å²) < 4.78 is 33.2. The van der Waals surface area contributed by atoms with Gasteiger partial charge >= 0.3 is 16.3 Å². The Morgan fingerprint density at radius 1 is 1.43 bits per heavy atom. The van der Waals surface area contributed by atoms with Gasteiger partial charge in [0, 0.05) is 17.3 Å². The molecule has 6 N–H and O–H groups in total. The van der Waals surface area contributed by atoms with Gasteiger partial charge in [0.2, 0.25) is 11.5 Å². The van der Waals surface area contributed by atoms with Crippen LogP contribution in [-0.4, -0.2) is 80.5 Å². The van der Waals surface area contributed by atoms with Gasteiger partial charge in [0.15, 0.2) is 10.8 Å². The van der Waals surface area contributed by atoms with Crippen LogP contribution < -0.4 is 16.4 Å². The number of carbonyl (C=O) groups excluding carboxylic acids is 3. The molecule has 0 aromatic carbocycles. The van der Waals surface area contributed by atoms with Crippen molar-refractivity contribution in [1.29, 1.82) is 0 Å². The van der Waals surface area contributed by atoms with E-state index >= 15 is 0 Å². The molecule has 0 spiro atoms. The number of hydrogen-bond acceptors (Lipinski definition) is 11. The first kappa shape index (κ1) is 26.3. The van der Waals surface area contributed by atoms with Crippen molar-refractivity contribution in [2.45, 2.75) is 57.3 Å². The second kappa shape index (κ2) is 9.38. The lowest BCUT2D eigenvalue weighted by molar-refractivity contribution is -0.161. The summed E-state index contributed by atoms with van der Waals surface area (Å²) in [6.07, 6.45) is 0.220. The number of hydrogen-bond donors (Lipinski definition) is 5. The molecule has 3 heterocycles. The molecule has 35 heavy (non-hydrogen) atoms. The lowest BCUT2D eigenvalue weighted by Gasteiger charge is -2.45. The number of nitrogens with two attached hydrogens (primary N) is 1. The number of nitrogens with one attached hydrogen (secondary N) is 2. The van der Waals surface area contributed by atoms with Crippen molar-refractivity contribution < 1.29 is 42.1 Å². The van der Waals surface area contributed by atoms with E-state index < -0.39 is 57.4 Å². The number of oxime groups is 1. The maximum Gasteiger partial charge on any atom is 0.362 e. The zero-order valence-electron chi connectivity index (χ0n) is 18.8. The van der Waals surface area contributed by atoms with Gasteiger partial charge in [-0.15, -0.1) is 11.3 Å². The third kappa shape index (κ3) is 5.51. The first-order valence-electron chi connectivity index (χ1n) is 10.2. The molecule has 192 valence electrons. The lowest BCUT2D eigenvalue weighted by Crippen LogP contribution is -2.72. The lowest BCUT2D eigenvalue weighted by atomic mass is 9.87. The van der Waals surface area contributed by atoms with Crippen molar-refractivity contribution >= 4 is 56.2 Å². The molecule has 2 aliphatic rings. The summed E-state index contributed by atoms with van der Waals surface area (Å²) in [6, 6.07) is -2.85. The van der Waals surface area contributed by atoms with Crippen LogP contribution in [0.3, 0.4) is 0 Å². The van der Waals surface area contributed by atoms with Gasteiger partial charge in [-0.1, -0.05) is 5.16 Å². The first-order chi connectivity index (χ1) is 16.1. The minimum absolute atomic E-state index is 0.0644. The van der Waals surface area contributed by atoms with Gasteiger partial charge in [0.05, 0.1) is 6.04 Å². The quantitative estimate of drug-likeness (QED) is 0.109. The van der Waals surface area contributed by atoms with Crippen molar-refractivity contribution in [2.24, 2.45) is 11.1 Å². The Balaban J connectivity index is 1.87. The number of rotatable bonds is 9. The predicted octanol–water partition coefficient (Wildman–Crippen LogP) is -1.28. The molecule has 0 radical (unpaired) electrons. The van der Waals surface area contributed by atoms with E-state index in [1.54, 1.807) is 6.92 Å². The summed E-state index contributed by atoms with van der Waals surface area (Å²) >= 11 is 0.957. The molecule has 0 bridgehead atoms. The van der Waals surface area contributed by atoms with Crippen LogP contribution in [0, 0.1) is 5.92 Å². The number of carbonyl (C=O) groups is 4. The normalized spacial score (nSPS) is 25.1. The van der Waals surface area contributed by atoms with E-state index in [0.29, 0.717) is 6.42 Å². The smallest absolute Gasteiger partial charge is 0.362 e. The van der Waals surface area contributed by atoms with E-state index in [1.807, 2.05) is 0 Å². The van der Waals surface area contributed by atoms with Crippen molar-refractivity contribution in [3.8, 4) is 0 Å². The monoisotopic (exact) mass is 532 g/mol. The van der Waals surface area contributed by atoms with Crippen LogP contribution in [0.25, 0.3) is 0 Å². The standard InChI is InChI=1S/C18H24N6O9S2/c1-7-4-8(13(25)20-7)5-10-12(15(27)24(10)35(30,31)32)22-14(26)11(9-6-34-17(19)21-9)23-33-18(2,3)16(28)29/h6-8,10,12H,4-5H2,1-3H3,(H2,19,21)(H,20,25)(H,22,26)(H,28,29)(H,30,31,32)/b23-11-/t7?,8-,10-,12+/m1/s1. The van der Waals surface area contributed by atoms with Crippen LogP contribution in [0.2, 0.25) is 0 Å². The molecule has 0 aliphatic carbocycles. The number of β-lactam (4-membered cyclic amide) rings is 1. The zero-order chi connectivity index (χ0) is 26.3. The highest BCUT2D eigenvalue weighted by Crippen LogP contribution is 2.32. The summed E-state index contributed by atoms with van der Waals surface area (Å²) in [5, 5.41) is 19.2. The second-order valence-electron chi connectivity index (χ2n) is 8.63. The maximum absolute atomic E-state index is 13.0. The molecule has 2 fully saturated rings. The van der Waals surface area contributed by atoms with Gasteiger partial charge in [0.1, 0.15) is 11.7 Å². The van der Waals surface area contributed by atoms with Crippen LogP contribution in [0.1, 0.15) is 39.3 Å². The third-order valence-electron chi connectivity index (χ3n) is 5.49. The number of carboxylic acid groups (broad SMARTS) is 1. The van der Waals surface area contributed by atoms with Gasteiger partial charge in [-0.25, -0.2) is 14.1 Å². The summed E-state index contributed by atoms with van der Waals surface area (Å²) in [6.45, 7) is 4.13. The van der Waals surface area contributed by atoms with E-state index in [2.05, 4.69) is 20.8 Å². The molecule has 15 nitrogen and oxygen atoms in total. The Bertz CT molecular complexity index is 1190. The number of aromatic nitrogens is 1. The third-order valence-corrected chi connectivity index (χ3v) is 7.11. The van der Waals surface area contributed by atoms with Gasteiger partial charge in [-0.2, -0.15) is 8.42 Å². The molecular formula is C18H24N6O9S2. The molecule has 1 aromatic rings. The zero-order valence-corrected chi connectivity index (χ0v) is 20.4. The summed E-state index contributed by atoms with van der Waals surface area (Å²) in [5.74, 6) is -4.54. The molecule has 3 amide bonds. The minimum atomic E-state index is -4.96. The van der Waals surface area contributed by atoms with Crippen LogP contribution >= 0.6 is 11.3 Å². The summed E-state index contributed by atoms with van der Waals surface area (Å²) in [5.41, 5.74) is 3.18. The van der Waals surface area contributed by atoms with Crippen molar-refractivity contribution in [1.82, 2.24) is 19.9 Å². The van der Waals surface area contributed by atoms with Crippen molar-refractivity contribution in [2.75, 3.05) is 5.73 Å². The number of amides is 3. The molecule has 0 saturated carbocycles. The first-order valence-corrected chi connectivity index (χ1v) is 12.5. The number of nitrogen functional groups attached to an aromatic ring is 1. The fourth-order valence-corrected chi connectivity index (χ4v) is 5.09. The van der Waals surface area contributed by atoms with Crippen molar-refractivity contribution in [3.05, 3.63) is 11.1 Å². The van der Waals surface area contributed by atoms with Crippen molar-refractivity contribution in [3.63, 3.8) is 0 Å². The number of anilines is 1. The largest absolute Gasteiger partial charge is 0.478 e. The van der Waals surface area contributed by atoms with E-state index in [1.165, 1.54) is 19.2 Å². The van der Waals surface area contributed by atoms with E-state index in [4.69, 9.17) is 10.6 Å². The summed E-state index contributed by atoms with van der Waals surface area (Å²) in [7, 11) is -4.96. The number of aliphatic carboxylic acids is 1. The van der Waals surface area contributed by atoms with E-state index in [-0.39, 0.29) is 33.5 Å². The second-order valence-corrected chi connectivity index (χ2v) is 10.8. The Morgan fingerprint density at radius 2 is 2.09 bits per heavy atom. The predicted molar refractivity (Wildman–Crippen MR) is 120 cm³/mol. The van der Waals surface area contributed by atoms with E-state index in [9.17, 15) is 37.3 Å². The molecule has 3 rings (SSSR count). The highest BCUT2D eigenvalue weighted by molar-refractivity contribution is 7.84. The Morgan fingerprint density at radius 3 is 2.57 bits per heavy atom. The van der Waals surface area contributed by atoms with Gasteiger partial charge < -0.3 is 26.3 Å². The molecule has 2 saturated heterocycles. The Hall–Kier alpha value is -3.31. The van der Waals surface area contributed by atoms with Gasteiger partial charge in [-0.3, -0.25) is 18.9 Å². The average molecular weight is 533 g/mol. The Labute approximate surface area is 203 Å². The van der Waals surface area contributed by atoms with E-state index in [0.717, 1.165) is 11.3 Å². The van der Waals surface area contributed by atoms with Gasteiger partial charge in [-0.05, 0) is 33.6 Å². The molecule has 1 aromatic heterocycles.